The van der Waals surface area contributed by atoms with Gasteiger partial charge in [0.25, 0.3) is 0 Å². The smallest absolute Gasteiger partial charge is 0.353 e. The fourth-order valence-electron chi connectivity index (χ4n) is 4.08. The average Bonchev–Trinajstić information content (AvgIpc) is 3.40. The number of hydrogen-bond donors (Lipinski definition) is 0. The fraction of sp³-hybridized carbons (Fsp3) is 0.320. The van der Waals surface area contributed by atoms with Gasteiger partial charge in [-0.25, -0.2) is 9.97 Å². The summed E-state index contributed by atoms with van der Waals surface area (Å²) in [6, 6.07) is 11.1. The minimum absolute atomic E-state index is 0.0436. The Morgan fingerprint density at radius 2 is 2.08 bits per heavy atom. The SMILES string of the molecule is CCOC(=O)CCN(Cc1ccco1)c1ncnc(N2CC=C(c3ccc(Cl)cc3)CC2)c1[N+](=O)[O-]. The van der Waals surface area contributed by atoms with Gasteiger partial charge in [0.1, 0.15) is 12.1 Å². The molecule has 0 amide bonds. The van der Waals surface area contributed by atoms with E-state index in [2.05, 4.69) is 9.97 Å². The van der Waals surface area contributed by atoms with Gasteiger partial charge in [0, 0.05) is 24.7 Å². The largest absolute Gasteiger partial charge is 0.467 e. The van der Waals surface area contributed by atoms with Crippen molar-refractivity contribution in [2.24, 2.45) is 0 Å². The summed E-state index contributed by atoms with van der Waals surface area (Å²) in [4.78, 5) is 35.9. The van der Waals surface area contributed by atoms with Gasteiger partial charge in [0.2, 0.25) is 11.6 Å². The standard InChI is InChI=1S/C25H26ClN5O5/c1-2-35-22(32)11-14-30(16-21-4-3-15-36-21)25-23(31(33)34)24(27-17-28-25)29-12-9-19(10-13-29)18-5-7-20(26)8-6-18/h3-9,15,17H,2,10-14,16H2,1H3. The van der Waals surface area contributed by atoms with Gasteiger partial charge in [-0.1, -0.05) is 29.8 Å². The van der Waals surface area contributed by atoms with Gasteiger partial charge in [-0.3, -0.25) is 14.9 Å². The van der Waals surface area contributed by atoms with Crippen molar-refractivity contribution in [1.29, 1.82) is 0 Å². The molecule has 0 saturated carbocycles. The lowest BCUT2D eigenvalue weighted by molar-refractivity contribution is -0.383. The molecule has 1 aliphatic rings. The Hall–Kier alpha value is -3.92. The molecule has 2 aromatic heterocycles. The van der Waals surface area contributed by atoms with Crippen molar-refractivity contribution in [3.05, 3.63) is 81.5 Å². The summed E-state index contributed by atoms with van der Waals surface area (Å²) in [7, 11) is 0. The third-order valence-electron chi connectivity index (χ3n) is 5.81. The van der Waals surface area contributed by atoms with Crippen LogP contribution in [0.3, 0.4) is 0 Å². The number of aromatic nitrogens is 2. The van der Waals surface area contributed by atoms with Crippen LogP contribution in [0.2, 0.25) is 5.02 Å². The highest BCUT2D eigenvalue weighted by atomic mass is 35.5. The van der Waals surface area contributed by atoms with Gasteiger partial charge in [-0.2, -0.15) is 0 Å². The van der Waals surface area contributed by atoms with Crippen LogP contribution in [0.4, 0.5) is 17.3 Å². The number of carbonyl (C=O) groups is 1. The van der Waals surface area contributed by atoms with Gasteiger partial charge in [-0.15, -0.1) is 0 Å². The molecule has 188 valence electrons. The molecule has 4 rings (SSSR count). The van der Waals surface area contributed by atoms with Crippen molar-refractivity contribution in [1.82, 2.24) is 9.97 Å². The molecular formula is C25H26ClN5O5. The Bertz CT molecular complexity index is 1230. The number of furan rings is 1. The third kappa shape index (κ3) is 6.01. The molecule has 0 fully saturated rings. The normalized spacial score (nSPS) is 13.3. The zero-order chi connectivity index (χ0) is 25.5. The molecule has 36 heavy (non-hydrogen) atoms. The molecular weight excluding hydrogens is 486 g/mol. The van der Waals surface area contributed by atoms with Crippen LogP contribution in [-0.2, 0) is 16.1 Å². The maximum atomic E-state index is 12.3. The highest BCUT2D eigenvalue weighted by Crippen LogP contribution is 2.37. The zero-order valence-corrected chi connectivity index (χ0v) is 20.6. The molecule has 0 spiro atoms. The molecule has 10 nitrogen and oxygen atoms in total. The summed E-state index contributed by atoms with van der Waals surface area (Å²) in [5, 5.41) is 12.9. The predicted octanol–water partition coefficient (Wildman–Crippen LogP) is 4.88. The van der Waals surface area contributed by atoms with Gasteiger partial charge in [0.05, 0.1) is 30.8 Å². The zero-order valence-electron chi connectivity index (χ0n) is 19.8. The Labute approximate surface area is 213 Å². The van der Waals surface area contributed by atoms with E-state index in [0.717, 1.165) is 11.1 Å². The highest BCUT2D eigenvalue weighted by molar-refractivity contribution is 6.30. The molecule has 0 saturated heterocycles. The van der Waals surface area contributed by atoms with E-state index in [1.54, 1.807) is 24.0 Å². The molecule has 3 heterocycles. The van der Waals surface area contributed by atoms with Crippen LogP contribution in [0.5, 0.6) is 0 Å². The summed E-state index contributed by atoms with van der Waals surface area (Å²) in [5.74, 6) is 0.548. The monoisotopic (exact) mass is 511 g/mol. The molecule has 0 atom stereocenters. The van der Waals surface area contributed by atoms with Crippen molar-refractivity contribution >= 4 is 40.5 Å². The van der Waals surface area contributed by atoms with E-state index in [0.29, 0.717) is 30.3 Å². The maximum Gasteiger partial charge on any atom is 0.353 e. The first-order chi connectivity index (χ1) is 17.5. The summed E-state index contributed by atoms with van der Waals surface area (Å²) in [6.07, 6.45) is 5.62. The Morgan fingerprint density at radius 1 is 1.28 bits per heavy atom. The van der Waals surface area contributed by atoms with E-state index >= 15 is 0 Å². The van der Waals surface area contributed by atoms with Crippen molar-refractivity contribution in [3.8, 4) is 0 Å². The Kier molecular flexibility index (Phi) is 8.17. The predicted molar refractivity (Wildman–Crippen MR) is 136 cm³/mol. The van der Waals surface area contributed by atoms with Crippen LogP contribution in [0.25, 0.3) is 5.57 Å². The summed E-state index contributed by atoms with van der Waals surface area (Å²) in [5.41, 5.74) is 2.01. The molecule has 0 bridgehead atoms. The number of hydrogen-bond acceptors (Lipinski definition) is 9. The van der Waals surface area contributed by atoms with E-state index in [1.807, 2.05) is 35.2 Å². The van der Waals surface area contributed by atoms with Crippen LogP contribution < -0.4 is 9.80 Å². The fourth-order valence-corrected chi connectivity index (χ4v) is 4.21. The lowest BCUT2D eigenvalue weighted by Gasteiger charge is -2.29. The second kappa shape index (κ2) is 11.7. The van der Waals surface area contributed by atoms with Crippen LogP contribution in [-0.4, -0.2) is 47.1 Å². The van der Waals surface area contributed by atoms with E-state index in [4.69, 9.17) is 20.8 Å². The molecule has 3 aromatic rings. The first-order valence-corrected chi connectivity index (χ1v) is 12.0. The number of anilines is 2. The van der Waals surface area contributed by atoms with Gasteiger partial charge >= 0.3 is 11.7 Å². The molecule has 1 aromatic carbocycles. The minimum Gasteiger partial charge on any atom is -0.467 e. The molecule has 1 aliphatic heterocycles. The van der Waals surface area contributed by atoms with Crippen molar-refractivity contribution in [2.75, 3.05) is 36.0 Å². The van der Waals surface area contributed by atoms with Gasteiger partial charge in [0.15, 0.2) is 0 Å². The topological polar surface area (TPSA) is 115 Å². The first-order valence-electron chi connectivity index (χ1n) is 11.6. The van der Waals surface area contributed by atoms with Crippen LogP contribution >= 0.6 is 11.6 Å². The number of ether oxygens (including phenoxy) is 1. The number of nitro groups is 1. The molecule has 0 unspecified atom stereocenters. The minimum atomic E-state index is -0.470. The quantitative estimate of drug-likeness (QED) is 0.213. The maximum absolute atomic E-state index is 12.3. The van der Waals surface area contributed by atoms with E-state index in [1.165, 1.54) is 12.6 Å². The highest BCUT2D eigenvalue weighted by Gasteiger charge is 2.31. The average molecular weight is 512 g/mol. The third-order valence-corrected chi connectivity index (χ3v) is 6.06. The van der Waals surface area contributed by atoms with Crippen LogP contribution in [0.15, 0.2) is 59.5 Å². The second-order valence-corrected chi connectivity index (χ2v) is 8.55. The van der Waals surface area contributed by atoms with E-state index < -0.39 is 10.9 Å². The number of rotatable bonds is 10. The van der Waals surface area contributed by atoms with Crippen molar-refractivity contribution in [3.63, 3.8) is 0 Å². The lowest BCUT2D eigenvalue weighted by atomic mass is 9.99. The Balaban J connectivity index is 1.62. The number of carbonyl (C=O) groups excluding carboxylic acids is 1. The van der Waals surface area contributed by atoms with E-state index in [-0.39, 0.29) is 43.4 Å². The molecule has 11 heteroatoms. The van der Waals surface area contributed by atoms with Gasteiger partial charge in [-0.05, 0) is 48.7 Å². The van der Waals surface area contributed by atoms with Crippen molar-refractivity contribution in [2.45, 2.75) is 26.3 Å². The molecule has 0 aliphatic carbocycles. The lowest BCUT2D eigenvalue weighted by Crippen LogP contribution is -2.32. The molecule has 0 radical (unpaired) electrons. The first kappa shape index (κ1) is 25.2. The number of esters is 1. The molecule has 0 N–H and O–H groups in total. The number of benzene rings is 1. The number of nitrogens with zero attached hydrogens (tertiary/aromatic N) is 5. The van der Waals surface area contributed by atoms with Crippen LogP contribution in [0.1, 0.15) is 31.1 Å². The van der Waals surface area contributed by atoms with E-state index in [9.17, 15) is 14.9 Å². The van der Waals surface area contributed by atoms with Crippen molar-refractivity contribution < 1.29 is 18.9 Å². The van der Waals surface area contributed by atoms with Gasteiger partial charge < -0.3 is 19.0 Å². The number of halogens is 1. The summed E-state index contributed by atoms with van der Waals surface area (Å²) < 4.78 is 10.5. The summed E-state index contributed by atoms with van der Waals surface area (Å²) >= 11 is 6.00. The summed E-state index contributed by atoms with van der Waals surface area (Å²) in [6.45, 7) is 3.35. The second-order valence-electron chi connectivity index (χ2n) is 8.11. The van der Waals surface area contributed by atoms with Crippen LogP contribution in [0, 0.1) is 10.1 Å². The Morgan fingerprint density at radius 3 is 2.72 bits per heavy atom.